The molecular weight excluding hydrogens is 281 g/mol. The molecule has 0 atom stereocenters. The van der Waals surface area contributed by atoms with Crippen molar-refractivity contribution >= 4 is 32.3 Å². The Labute approximate surface area is 109 Å². The van der Waals surface area contributed by atoms with Crippen LogP contribution in [0.2, 0.25) is 0 Å². The Morgan fingerprint density at radius 3 is 2.82 bits per heavy atom. The van der Waals surface area contributed by atoms with Crippen molar-refractivity contribution < 1.29 is 9.53 Å². The summed E-state index contributed by atoms with van der Waals surface area (Å²) in [5, 5.41) is 0. The van der Waals surface area contributed by atoms with Gasteiger partial charge < -0.3 is 0 Å². The summed E-state index contributed by atoms with van der Waals surface area (Å²) in [6.07, 6.45) is 1.69. The maximum atomic E-state index is 11.6. The predicted octanol–water partition coefficient (Wildman–Crippen LogP) is 1.97. The Morgan fingerprint density at radius 2 is 2.24 bits per heavy atom. The summed E-state index contributed by atoms with van der Waals surface area (Å²) in [4.78, 5) is 15.5. The van der Waals surface area contributed by atoms with Crippen LogP contribution in [0.5, 0.6) is 0 Å². The molecule has 0 bridgehead atoms. The molecule has 0 radical (unpaired) electrons. The molecule has 0 aliphatic rings. The fraction of sp³-hybridized carbons (Fsp3) is 0.231. The van der Waals surface area contributed by atoms with Gasteiger partial charge in [-0.2, -0.15) is 0 Å². The summed E-state index contributed by atoms with van der Waals surface area (Å²) >= 11 is 2.51. The second-order valence-corrected chi connectivity index (χ2v) is 3.69. The molecule has 0 heterocycles. The predicted molar refractivity (Wildman–Crippen MR) is 69.0 cm³/mol. The van der Waals surface area contributed by atoms with Crippen LogP contribution in [0.1, 0.15) is 18.1 Å². The first kappa shape index (κ1) is 13.6. The van der Waals surface area contributed by atoms with E-state index in [4.69, 9.17) is 4.74 Å². The van der Waals surface area contributed by atoms with E-state index in [0.717, 1.165) is 11.1 Å². The van der Waals surface area contributed by atoms with Crippen molar-refractivity contribution in [1.29, 1.82) is 0 Å². The summed E-state index contributed by atoms with van der Waals surface area (Å²) < 4.78 is 7.39. The summed E-state index contributed by atoms with van der Waals surface area (Å²) in [7, 11) is 0. The van der Waals surface area contributed by atoms with Crippen LogP contribution in [0.3, 0.4) is 0 Å². The fourth-order valence-corrected chi connectivity index (χ4v) is 1.49. The maximum absolute atomic E-state index is 11.6. The number of ether oxygens (including phenoxy) is 1. The Balaban J connectivity index is 3.11. The van der Waals surface area contributed by atoms with Crippen molar-refractivity contribution in [2.45, 2.75) is 13.8 Å². The molecule has 0 N–H and O–H groups in total. The van der Waals surface area contributed by atoms with E-state index in [-0.39, 0.29) is 5.70 Å². The molecular formula is C13H13NO2Se. The molecule has 0 saturated carbocycles. The van der Waals surface area contributed by atoms with E-state index >= 15 is 0 Å². The van der Waals surface area contributed by atoms with Gasteiger partial charge in [0.05, 0.1) is 0 Å². The topological polar surface area (TPSA) is 38.7 Å². The van der Waals surface area contributed by atoms with Crippen molar-refractivity contribution in [3.05, 3.63) is 41.1 Å². The molecule has 0 amide bonds. The van der Waals surface area contributed by atoms with Crippen LogP contribution >= 0.6 is 0 Å². The van der Waals surface area contributed by atoms with Gasteiger partial charge in [0.2, 0.25) is 0 Å². The number of carbonyl (C=O) groups is 1. The van der Waals surface area contributed by atoms with Crippen LogP contribution < -0.4 is 0 Å². The molecule has 0 aliphatic carbocycles. The third kappa shape index (κ3) is 4.12. The van der Waals surface area contributed by atoms with Gasteiger partial charge in [0.25, 0.3) is 0 Å². The SMILES string of the molecule is CCOC(=O)/C(=C/c1ccccc1C)N=C=[Se]. The number of carbonyl (C=O) groups excluding carboxylic acids is 1. The van der Waals surface area contributed by atoms with E-state index < -0.39 is 5.97 Å². The van der Waals surface area contributed by atoms with Crippen LogP contribution in [-0.2, 0) is 9.53 Å². The molecule has 4 heteroatoms. The minimum absolute atomic E-state index is 0.236. The van der Waals surface area contributed by atoms with E-state index in [0.29, 0.717) is 6.61 Å². The van der Waals surface area contributed by atoms with Crippen LogP contribution in [-0.4, -0.2) is 32.9 Å². The van der Waals surface area contributed by atoms with Gasteiger partial charge >= 0.3 is 108 Å². The summed E-state index contributed by atoms with van der Waals surface area (Å²) in [5.74, 6) is -0.446. The number of rotatable bonds is 4. The first-order valence-corrected chi connectivity index (χ1v) is 6.07. The Bertz CT molecular complexity index is 488. The van der Waals surface area contributed by atoms with E-state index in [1.807, 2.05) is 31.2 Å². The van der Waals surface area contributed by atoms with Crippen molar-refractivity contribution in [3.8, 4) is 0 Å². The number of benzene rings is 1. The molecule has 1 rings (SSSR count). The van der Waals surface area contributed by atoms with Crippen LogP contribution in [0.25, 0.3) is 6.08 Å². The zero-order valence-corrected chi connectivity index (χ0v) is 11.5. The molecule has 17 heavy (non-hydrogen) atoms. The van der Waals surface area contributed by atoms with Gasteiger partial charge in [-0.3, -0.25) is 0 Å². The quantitative estimate of drug-likeness (QED) is 0.368. The van der Waals surface area contributed by atoms with Crippen LogP contribution in [0, 0.1) is 6.92 Å². The van der Waals surface area contributed by atoms with E-state index in [9.17, 15) is 4.79 Å². The van der Waals surface area contributed by atoms with Gasteiger partial charge in [0.1, 0.15) is 0 Å². The summed E-state index contributed by atoms with van der Waals surface area (Å²) in [6.45, 7) is 4.06. The van der Waals surface area contributed by atoms with E-state index in [2.05, 4.69) is 25.3 Å². The van der Waals surface area contributed by atoms with E-state index in [1.54, 1.807) is 13.0 Å². The van der Waals surface area contributed by atoms with E-state index in [1.165, 1.54) is 0 Å². The van der Waals surface area contributed by atoms with Crippen molar-refractivity contribution in [2.75, 3.05) is 6.61 Å². The Hall–Kier alpha value is -1.47. The summed E-state index contributed by atoms with van der Waals surface area (Å²) in [5.41, 5.74) is 2.25. The Kier molecular flexibility index (Phi) is 5.58. The third-order valence-electron chi connectivity index (χ3n) is 2.13. The molecule has 3 nitrogen and oxygen atoms in total. The molecule has 0 spiro atoms. The summed E-state index contributed by atoms with van der Waals surface area (Å²) in [6, 6.07) is 7.75. The van der Waals surface area contributed by atoms with Crippen LogP contribution in [0.15, 0.2) is 35.0 Å². The zero-order valence-electron chi connectivity index (χ0n) is 9.77. The molecule has 0 aromatic heterocycles. The zero-order chi connectivity index (χ0) is 12.7. The molecule has 1 aromatic rings. The van der Waals surface area contributed by atoms with Gasteiger partial charge in [-0.1, -0.05) is 0 Å². The number of hydrogen-bond donors (Lipinski definition) is 0. The minimum atomic E-state index is -0.446. The molecule has 0 fully saturated rings. The van der Waals surface area contributed by atoms with Crippen LogP contribution in [0.4, 0.5) is 0 Å². The van der Waals surface area contributed by atoms with Crippen molar-refractivity contribution in [3.63, 3.8) is 0 Å². The van der Waals surface area contributed by atoms with Crippen molar-refractivity contribution in [1.82, 2.24) is 0 Å². The van der Waals surface area contributed by atoms with Crippen molar-refractivity contribution in [2.24, 2.45) is 4.99 Å². The normalized spacial score (nSPS) is 10.6. The Morgan fingerprint density at radius 1 is 1.53 bits per heavy atom. The average molecular weight is 294 g/mol. The third-order valence-corrected chi connectivity index (χ3v) is 2.32. The number of hydrogen-bond acceptors (Lipinski definition) is 3. The second-order valence-electron chi connectivity index (χ2n) is 3.31. The fourth-order valence-electron chi connectivity index (χ4n) is 1.29. The van der Waals surface area contributed by atoms with Gasteiger partial charge in [-0.15, -0.1) is 0 Å². The number of aliphatic imine (C=N–C) groups is 1. The molecule has 0 aliphatic heterocycles. The molecule has 0 saturated heterocycles. The van der Waals surface area contributed by atoms with Gasteiger partial charge in [0, 0.05) is 0 Å². The van der Waals surface area contributed by atoms with Gasteiger partial charge in [-0.05, 0) is 0 Å². The first-order chi connectivity index (χ1) is 8.19. The molecule has 0 unspecified atom stereocenters. The number of nitrogens with zero attached hydrogens (tertiary/aromatic N) is 1. The number of aryl methyl sites for hydroxylation is 1. The second kappa shape index (κ2) is 6.97. The average Bonchev–Trinajstić information content (AvgIpc) is 2.31. The standard InChI is InChI=1S/C13H13NO2Se/c1-3-16-13(15)12(14-9-17)8-11-7-5-4-6-10(11)2/h4-8H,3H2,1-2H3/b12-8-. The first-order valence-electron chi connectivity index (χ1n) is 5.21. The molecule has 1 aromatic carbocycles. The monoisotopic (exact) mass is 295 g/mol. The van der Waals surface area contributed by atoms with Gasteiger partial charge in [-0.25, -0.2) is 0 Å². The van der Waals surface area contributed by atoms with Gasteiger partial charge in [0.15, 0.2) is 0 Å². The number of esters is 1. The molecule has 88 valence electrons.